The molecule has 1 aliphatic rings. The normalized spacial score (nSPS) is 17.0. The highest BCUT2D eigenvalue weighted by atomic mass is 35.5. The average Bonchev–Trinajstić information content (AvgIpc) is 3.29. The van der Waals surface area contributed by atoms with Gasteiger partial charge in [-0.05, 0) is 54.6 Å². The van der Waals surface area contributed by atoms with Crippen LogP contribution in [-0.2, 0) is 14.2 Å². The highest BCUT2D eigenvalue weighted by Crippen LogP contribution is 2.21. The molecule has 1 aliphatic heterocycles. The lowest BCUT2D eigenvalue weighted by atomic mass is 10.3. The maximum Gasteiger partial charge on any atom is 0.514 e. The van der Waals surface area contributed by atoms with Crippen LogP contribution in [0.2, 0.25) is 10.0 Å². The molecule has 2 atom stereocenters. The molecule has 1 saturated heterocycles. The van der Waals surface area contributed by atoms with E-state index in [1.165, 1.54) is 41.1 Å². The maximum atomic E-state index is 12.4. The predicted octanol–water partition coefficient (Wildman–Crippen LogP) is 4.25. The Hall–Kier alpha value is -3.64. The summed E-state index contributed by atoms with van der Waals surface area (Å²) >= 11 is 11.6. The number of nitrogens with zero attached hydrogens (tertiary/aromatic N) is 2. The van der Waals surface area contributed by atoms with E-state index in [4.69, 9.17) is 46.9 Å². The van der Waals surface area contributed by atoms with Crippen LogP contribution >= 0.6 is 23.2 Å². The lowest BCUT2D eigenvalue weighted by molar-refractivity contribution is -0.105. The van der Waals surface area contributed by atoms with E-state index in [0.29, 0.717) is 10.0 Å². The van der Waals surface area contributed by atoms with E-state index in [0.717, 1.165) is 0 Å². The molecular weight excluding hydrogens is 505 g/mol. The molecule has 1 N–H and O–H groups in total. The Bertz CT molecular complexity index is 1250. The molecule has 4 rings (SSSR count). The zero-order valence-electron chi connectivity index (χ0n) is 17.8. The van der Waals surface area contributed by atoms with Gasteiger partial charge in [-0.15, -0.1) is 0 Å². The third kappa shape index (κ3) is 6.93. The Balaban J connectivity index is 1.26. The molecule has 1 fully saturated rings. The number of hydrogen-bond acceptors (Lipinski definition) is 9. The van der Waals surface area contributed by atoms with Gasteiger partial charge in [0, 0.05) is 16.2 Å². The number of nitrogens with one attached hydrogen (secondary N) is 1. The van der Waals surface area contributed by atoms with E-state index in [1.54, 1.807) is 24.3 Å². The molecule has 0 radical (unpaired) electrons. The fourth-order valence-corrected chi connectivity index (χ4v) is 3.13. The van der Waals surface area contributed by atoms with Crippen LogP contribution in [0.25, 0.3) is 0 Å². The van der Waals surface area contributed by atoms with E-state index in [9.17, 15) is 14.4 Å². The van der Waals surface area contributed by atoms with Crippen molar-refractivity contribution in [2.24, 2.45) is 0 Å². The minimum atomic E-state index is -0.956. The van der Waals surface area contributed by atoms with E-state index in [1.807, 2.05) is 0 Å². The Morgan fingerprint density at radius 2 is 1.63 bits per heavy atom. The van der Waals surface area contributed by atoms with Crippen molar-refractivity contribution in [1.82, 2.24) is 9.55 Å². The van der Waals surface area contributed by atoms with Crippen molar-refractivity contribution in [3.05, 3.63) is 81.3 Å². The van der Waals surface area contributed by atoms with Crippen molar-refractivity contribution in [1.29, 1.82) is 0 Å². The standard InChI is InChI=1S/C22H17Cl2N3O8/c23-13-1-5-15(6-2-13)33-21(29)26-17-9-10-27(20(28)25-17)18-11-31-19(35-18)12-32-22(30)34-16-7-3-14(24)4-8-16/h1-10,18-19H,11-12H2,(H,25,26,28,29)/t18-,19-/m0/s1. The van der Waals surface area contributed by atoms with Crippen LogP contribution < -0.4 is 20.5 Å². The number of carbonyl (C=O) groups is 2. The molecule has 0 aliphatic carbocycles. The van der Waals surface area contributed by atoms with Crippen LogP contribution in [0.15, 0.2) is 65.6 Å². The van der Waals surface area contributed by atoms with Gasteiger partial charge in [-0.2, -0.15) is 4.98 Å². The topological polar surface area (TPSA) is 127 Å². The van der Waals surface area contributed by atoms with Gasteiger partial charge in [-0.3, -0.25) is 9.88 Å². The van der Waals surface area contributed by atoms with Gasteiger partial charge in [0.1, 0.15) is 23.9 Å². The predicted molar refractivity (Wildman–Crippen MR) is 123 cm³/mol. The lowest BCUT2D eigenvalue weighted by Gasteiger charge is -2.14. The van der Waals surface area contributed by atoms with Crippen LogP contribution in [-0.4, -0.2) is 41.3 Å². The SMILES string of the molecule is O=C(Nc1ccn([C@@H]2CO[C@H](COC(=O)Oc3ccc(Cl)cc3)O2)c(=O)n1)Oc1ccc(Cl)cc1. The average molecular weight is 522 g/mol. The van der Waals surface area contributed by atoms with Crippen molar-refractivity contribution in [2.75, 3.05) is 18.5 Å². The smallest absolute Gasteiger partial charge is 0.429 e. The van der Waals surface area contributed by atoms with Crippen molar-refractivity contribution in [3.8, 4) is 11.5 Å². The lowest BCUT2D eigenvalue weighted by Crippen LogP contribution is -2.30. The number of ether oxygens (including phenoxy) is 5. The minimum Gasteiger partial charge on any atom is -0.429 e. The monoisotopic (exact) mass is 521 g/mol. The first-order valence-electron chi connectivity index (χ1n) is 10.1. The third-order valence-electron chi connectivity index (χ3n) is 4.48. The van der Waals surface area contributed by atoms with Crippen LogP contribution in [0.4, 0.5) is 15.4 Å². The Labute approximate surface area is 208 Å². The quantitative estimate of drug-likeness (QED) is 0.373. The second-order valence-corrected chi connectivity index (χ2v) is 7.81. The molecule has 0 unspecified atom stereocenters. The molecule has 0 saturated carbocycles. The molecule has 13 heteroatoms. The first-order valence-corrected chi connectivity index (χ1v) is 10.8. The first-order chi connectivity index (χ1) is 16.9. The van der Waals surface area contributed by atoms with Gasteiger partial charge in [0.25, 0.3) is 0 Å². The number of rotatable bonds is 6. The fraction of sp³-hybridized carbons (Fsp3) is 0.182. The molecule has 1 amide bonds. The van der Waals surface area contributed by atoms with Gasteiger partial charge in [0.15, 0.2) is 12.5 Å². The zero-order valence-corrected chi connectivity index (χ0v) is 19.3. The van der Waals surface area contributed by atoms with Gasteiger partial charge >= 0.3 is 17.9 Å². The van der Waals surface area contributed by atoms with Crippen molar-refractivity contribution in [2.45, 2.75) is 12.5 Å². The Morgan fingerprint density at radius 1 is 1.00 bits per heavy atom. The first kappa shape index (κ1) is 24.5. The number of amides is 1. The van der Waals surface area contributed by atoms with Crippen LogP contribution in [0.3, 0.4) is 0 Å². The number of halogens is 2. The van der Waals surface area contributed by atoms with Gasteiger partial charge in [-0.1, -0.05) is 23.2 Å². The van der Waals surface area contributed by atoms with Crippen LogP contribution in [0.1, 0.15) is 6.23 Å². The van der Waals surface area contributed by atoms with Crippen LogP contribution in [0.5, 0.6) is 11.5 Å². The molecule has 3 aromatic rings. The summed E-state index contributed by atoms with van der Waals surface area (Å²) in [6, 6.07) is 13.7. The van der Waals surface area contributed by atoms with Crippen LogP contribution in [0, 0.1) is 0 Å². The van der Waals surface area contributed by atoms with Gasteiger partial charge in [0.2, 0.25) is 0 Å². The molecule has 2 heterocycles. The van der Waals surface area contributed by atoms with E-state index < -0.39 is 30.5 Å². The molecule has 182 valence electrons. The summed E-state index contributed by atoms with van der Waals surface area (Å²) in [5.41, 5.74) is -0.702. The molecular formula is C22H17Cl2N3O8. The fourth-order valence-electron chi connectivity index (χ4n) is 2.88. The second-order valence-electron chi connectivity index (χ2n) is 6.94. The third-order valence-corrected chi connectivity index (χ3v) is 4.98. The molecule has 35 heavy (non-hydrogen) atoms. The Kier molecular flexibility index (Phi) is 7.83. The van der Waals surface area contributed by atoms with Gasteiger partial charge < -0.3 is 23.7 Å². The summed E-state index contributed by atoms with van der Waals surface area (Å²) in [5.74, 6) is 0.505. The summed E-state index contributed by atoms with van der Waals surface area (Å²) in [6.45, 7) is -0.255. The van der Waals surface area contributed by atoms with E-state index in [2.05, 4.69) is 10.3 Å². The highest BCUT2D eigenvalue weighted by Gasteiger charge is 2.29. The number of aromatic nitrogens is 2. The van der Waals surface area contributed by atoms with E-state index in [-0.39, 0.29) is 30.5 Å². The molecule has 2 aromatic carbocycles. The summed E-state index contributed by atoms with van der Waals surface area (Å²) in [5, 5.41) is 3.35. The largest absolute Gasteiger partial charge is 0.514 e. The second kappa shape index (κ2) is 11.2. The summed E-state index contributed by atoms with van der Waals surface area (Å²) in [7, 11) is 0. The van der Waals surface area contributed by atoms with Gasteiger partial charge in [-0.25, -0.2) is 14.4 Å². The van der Waals surface area contributed by atoms with Gasteiger partial charge in [0.05, 0.1) is 6.61 Å². The highest BCUT2D eigenvalue weighted by molar-refractivity contribution is 6.30. The molecule has 0 spiro atoms. The summed E-state index contributed by atoms with van der Waals surface area (Å²) in [4.78, 5) is 40.0. The van der Waals surface area contributed by atoms with Crippen molar-refractivity contribution < 1.29 is 33.3 Å². The number of benzene rings is 2. The molecule has 1 aromatic heterocycles. The summed E-state index contributed by atoms with van der Waals surface area (Å²) in [6.07, 6.45) is -2.15. The molecule has 0 bridgehead atoms. The maximum absolute atomic E-state index is 12.4. The van der Waals surface area contributed by atoms with Crippen molar-refractivity contribution >= 4 is 41.3 Å². The van der Waals surface area contributed by atoms with E-state index >= 15 is 0 Å². The number of hydrogen-bond donors (Lipinski definition) is 1. The zero-order chi connectivity index (χ0) is 24.8. The number of carbonyl (C=O) groups excluding carboxylic acids is 2. The summed E-state index contributed by atoms with van der Waals surface area (Å²) < 4.78 is 27.2. The molecule has 11 nitrogen and oxygen atoms in total. The number of anilines is 1. The Morgan fingerprint density at radius 3 is 2.26 bits per heavy atom. The minimum absolute atomic E-state index is 0.00717. The van der Waals surface area contributed by atoms with Crippen molar-refractivity contribution in [3.63, 3.8) is 0 Å².